The fourth-order valence-corrected chi connectivity index (χ4v) is 5.33. The van der Waals surface area contributed by atoms with Crippen LogP contribution in [-0.2, 0) is 27.0 Å². The molecule has 0 saturated heterocycles. The highest BCUT2D eigenvalue weighted by Crippen LogP contribution is 2.33. The number of rotatable bonds is 7. The van der Waals surface area contributed by atoms with Gasteiger partial charge >= 0.3 is 6.18 Å². The van der Waals surface area contributed by atoms with Crippen molar-refractivity contribution in [1.29, 1.82) is 0 Å². The number of fused-ring (bicyclic) bond motifs is 1. The summed E-state index contributed by atoms with van der Waals surface area (Å²) in [6.45, 7) is 0. The van der Waals surface area contributed by atoms with E-state index in [1.807, 2.05) is 0 Å². The molecule has 1 aromatic heterocycles. The van der Waals surface area contributed by atoms with Crippen molar-refractivity contribution in [3.8, 4) is 0 Å². The van der Waals surface area contributed by atoms with Crippen LogP contribution in [0.3, 0.4) is 0 Å². The van der Waals surface area contributed by atoms with Crippen molar-refractivity contribution >= 4 is 29.1 Å². The molecule has 10 nitrogen and oxygen atoms in total. The topological polar surface area (TPSA) is 140 Å². The molecule has 1 aliphatic heterocycles. The van der Waals surface area contributed by atoms with Crippen molar-refractivity contribution < 1.29 is 32.7 Å². The average molecular weight is 583 g/mol. The Morgan fingerprint density at radius 1 is 1.14 bits per heavy atom. The fourth-order valence-electron chi connectivity index (χ4n) is 5.33. The molecule has 1 fully saturated rings. The Morgan fingerprint density at radius 2 is 1.83 bits per heavy atom. The molecule has 0 radical (unpaired) electrons. The highest BCUT2D eigenvalue weighted by Gasteiger charge is 2.45. The lowest BCUT2D eigenvalue weighted by molar-refractivity contribution is -0.138. The van der Waals surface area contributed by atoms with Crippen LogP contribution < -0.4 is 15.5 Å². The SMILES string of the molecule is CN1C(=O)C(NC(=O)C2(NC(=O)C(O)Cc3cnc[nH]3)CCCC2)N=C(c2ccc(C(F)(F)F)cc2)c2ccccc21. The van der Waals surface area contributed by atoms with Crippen LogP contribution in [-0.4, -0.2) is 63.4 Å². The van der Waals surface area contributed by atoms with Gasteiger partial charge in [-0.3, -0.25) is 14.4 Å². The number of imidazole rings is 1. The minimum atomic E-state index is -4.53. The second-order valence-electron chi connectivity index (χ2n) is 10.4. The molecule has 2 aromatic carbocycles. The Balaban J connectivity index is 1.44. The summed E-state index contributed by atoms with van der Waals surface area (Å²) in [5.74, 6) is -1.96. The van der Waals surface area contributed by atoms with Gasteiger partial charge in [-0.25, -0.2) is 9.98 Å². The van der Waals surface area contributed by atoms with E-state index in [9.17, 15) is 32.7 Å². The number of halogens is 3. The summed E-state index contributed by atoms with van der Waals surface area (Å²) in [5.41, 5.74) is -0.168. The summed E-state index contributed by atoms with van der Waals surface area (Å²) >= 11 is 0. The number of carbonyl (C=O) groups excluding carboxylic acids is 3. The van der Waals surface area contributed by atoms with Gasteiger partial charge in [0.05, 0.1) is 23.3 Å². The van der Waals surface area contributed by atoms with Crippen LogP contribution in [0.25, 0.3) is 0 Å². The van der Waals surface area contributed by atoms with E-state index in [0.29, 0.717) is 35.3 Å². The molecule has 42 heavy (non-hydrogen) atoms. The maximum atomic E-state index is 13.8. The van der Waals surface area contributed by atoms with Crippen LogP contribution >= 0.6 is 0 Å². The number of aromatic nitrogens is 2. The van der Waals surface area contributed by atoms with Gasteiger partial charge in [0.25, 0.3) is 5.91 Å². The summed E-state index contributed by atoms with van der Waals surface area (Å²) in [6, 6.07) is 11.2. The van der Waals surface area contributed by atoms with E-state index in [1.54, 1.807) is 24.3 Å². The van der Waals surface area contributed by atoms with Gasteiger partial charge in [-0.05, 0) is 31.0 Å². The summed E-state index contributed by atoms with van der Waals surface area (Å²) in [7, 11) is 1.52. The molecule has 3 aromatic rings. The van der Waals surface area contributed by atoms with Crippen molar-refractivity contribution in [2.24, 2.45) is 4.99 Å². The molecule has 3 amide bonds. The van der Waals surface area contributed by atoms with E-state index in [0.717, 1.165) is 12.1 Å². The van der Waals surface area contributed by atoms with E-state index in [1.165, 1.54) is 36.6 Å². The lowest BCUT2D eigenvalue weighted by atomic mass is 9.95. The first kappa shape index (κ1) is 29.0. The summed E-state index contributed by atoms with van der Waals surface area (Å²) in [5, 5.41) is 15.8. The number of likely N-dealkylation sites (N-methyl/N-ethyl adjacent to an activating group) is 1. The number of nitrogens with zero attached hydrogens (tertiary/aromatic N) is 3. The first-order chi connectivity index (χ1) is 20.0. The zero-order valence-corrected chi connectivity index (χ0v) is 22.6. The summed E-state index contributed by atoms with van der Waals surface area (Å²) in [4.78, 5) is 52.8. The lowest BCUT2D eigenvalue weighted by Gasteiger charge is -2.31. The number of aliphatic imine (C=N–C) groups is 1. The maximum Gasteiger partial charge on any atom is 0.416 e. The number of H-pyrrole nitrogens is 1. The lowest BCUT2D eigenvalue weighted by Crippen LogP contribution is -2.61. The van der Waals surface area contributed by atoms with Gasteiger partial charge in [-0.1, -0.05) is 43.2 Å². The number of anilines is 1. The Morgan fingerprint density at radius 3 is 2.48 bits per heavy atom. The Kier molecular flexibility index (Phi) is 7.87. The Hall–Kier alpha value is -4.52. The third kappa shape index (κ3) is 5.77. The number of hydrogen-bond acceptors (Lipinski definition) is 6. The number of aliphatic hydroxyl groups excluding tert-OH is 1. The highest BCUT2D eigenvalue weighted by atomic mass is 19.4. The fraction of sp³-hybridized carbons (Fsp3) is 0.345. The smallest absolute Gasteiger partial charge is 0.383 e. The summed E-state index contributed by atoms with van der Waals surface area (Å²) < 4.78 is 39.6. The Labute approximate surface area is 239 Å². The van der Waals surface area contributed by atoms with Gasteiger partial charge < -0.3 is 25.6 Å². The van der Waals surface area contributed by atoms with E-state index in [-0.39, 0.29) is 25.0 Å². The van der Waals surface area contributed by atoms with Gasteiger partial charge in [-0.15, -0.1) is 0 Å². The maximum absolute atomic E-state index is 13.8. The number of benzene rings is 2. The molecule has 2 heterocycles. The van der Waals surface area contributed by atoms with Gasteiger partial charge in [0.15, 0.2) is 0 Å². The molecule has 0 bridgehead atoms. The van der Waals surface area contributed by atoms with E-state index in [4.69, 9.17) is 0 Å². The third-order valence-corrected chi connectivity index (χ3v) is 7.62. The molecule has 0 spiro atoms. The average Bonchev–Trinajstić information content (AvgIpc) is 3.65. The quantitative estimate of drug-likeness (QED) is 0.339. The van der Waals surface area contributed by atoms with E-state index >= 15 is 0 Å². The number of benzodiazepines with no additional fused rings is 1. The van der Waals surface area contributed by atoms with Crippen LogP contribution in [0.2, 0.25) is 0 Å². The van der Waals surface area contributed by atoms with Crippen LogP contribution in [0, 0.1) is 0 Å². The molecule has 1 aliphatic carbocycles. The van der Waals surface area contributed by atoms with Crippen molar-refractivity contribution in [2.75, 3.05) is 11.9 Å². The van der Waals surface area contributed by atoms with Gasteiger partial charge in [0, 0.05) is 36.5 Å². The molecule has 2 unspecified atom stereocenters. The van der Waals surface area contributed by atoms with Gasteiger partial charge in [-0.2, -0.15) is 13.2 Å². The monoisotopic (exact) mass is 582 g/mol. The number of carbonyl (C=O) groups is 3. The first-order valence-electron chi connectivity index (χ1n) is 13.4. The van der Waals surface area contributed by atoms with Crippen molar-refractivity contribution in [3.63, 3.8) is 0 Å². The zero-order chi connectivity index (χ0) is 30.1. The molecule has 2 atom stereocenters. The minimum Gasteiger partial charge on any atom is -0.383 e. The van der Waals surface area contributed by atoms with Gasteiger partial charge in [0.1, 0.15) is 11.6 Å². The van der Waals surface area contributed by atoms with Crippen LogP contribution in [0.1, 0.15) is 48.1 Å². The van der Waals surface area contributed by atoms with E-state index in [2.05, 4.69) is 25.6 Å². The number of aliphatic hydroxyl groups is 1. The molecule has 4 N–H and O–H groups in total. The molecule has 1 saturated carbocycles. The Bertz CT molecular complexity index is 1500. The number of amides is 3. The molecule has 13 heteroatoms. The van der Waals surface area contributed by atoms with Crippen molar-refractivity contribution in [1.82, 2.24) is 20.6 Å². The molecule has 2 aliphatic rings. The zero-order valence-electron chi connectivity index (χ0n) is 22.6. The first-order valence-corrected chi connectivity index (χ1v) is 13.4. The second-order valence-corrected chi connectivity index (χ2v) is 10.4. The van der Waals surface area contributed by atoms with Crippen molar-refractivity contribution in [2.45, 2.75) is 56.1 Å². The number of aromatic amines is 1. The minimum absolute atomic E-state index is 0.0333. The number of para-hydroxylation sites is 1. The third-order valence-electron chi connectivity index (χ3n) is 7.62. The van der Waals surface area contributed by atoms with Crippen LogP contribution in [0.4, 0.5) is 18.9 Å². The van der Waals surface area contributed by atoms with Crippen LogP contribution in [0.5, 0.6) is 0 Å². The largest absolute Gasteiger partial charge is 0.416 e. The molecular weight excluding hydrogens is 553 g/mol. The molecule has 220 valence electrons. The molecule has 5 rings (SSSR count). The second kappa shape index (κ2) is 11.4. The standard InChI is InChI=1S/C29H29F3N6O4/c1-38-21-7-3-2-6-20(21)23(17-8-10-18(11-9-17)29(30,31)32)35-24(26(38)41)36-27(42)28(12-4-5-13-28)37-25(40)22(39)14-19-15-33-16-34-19/h2-3,6-11,15-16,22,24,39H,4-5,12-14H2,1H3,(H,33,34)(H,36,42)(H,37,40). The number of alkyl halides is 3. The highest BCUT2D eigenvalue weighted by molar-refractivity contribution is 6.20. The van der Waals surface area contributed by atoms with E-state index < -0.39 is 47.3 Å². The predicted molar refractivity (Wildman–Crippen MR) is 147 cm³/mol. The molecular formula is C29H29F3N6O4. The predicted octanol–water partition coefficient (Wildman–Crippen LogP) is 2.72. The number of hydrogen-bond donors (Lipinski definition) is 4. The summed E-state index contributed by atoms with van der Waals surface area (Å²) in [6.07, 6.45) is -2.70. The van der Waals surface area contributed by atoms with Crippen molar-refractivity contribution in [3.05, 3.63) is 83.4 Å². The number of nitrogens with one attached hydrogen (secondary N) is 3. The normalized spacial score (nSPS) is 19.0. The van der Waals surface area contributed by atoms with Crippen LogP contribution in [0.15, 0.2) is 66.0 Å². The van der Waals surface area contributed by atoms with Gasteiger partial charge in [0.2, 0.25) is 18.0 Å².